The van der Waals surface area contributed by atoms with Gasteiger partial charge in [-0.3, -0.25) is 24.2 Å². The van der Waals surface area contributed by atoms with Gasteiger partial charge in [-0.15, -0.1) is 0 Å². The molecule has 1 amide bonds. The Morgan fingerprint density at radius 3 is 2.31 bits per heavy atom. The number of halogens is 2. The summed E-state index contributed by atoms with van der Waals surface area (Å²) in [4.78, 5) is 44.2. The Morgan fingerprint density at radius 1 is 0.979 bits per heavy atom. The Bertz CT molecular complexity index is 1670. The number of Topliss-reactive ketones (excluding diaryl/α,β-unsaturated/α-hetero) is 1. The van der Waals surface area contributed by atoms with Gasteiger partial charge in [0.25, 0.3) is 5.91 Å². The van der Waals surface area contributed by atoms with E-state index >= 15 is 0 Å². The number of carboxylic acid groups (broad SMARTS) is 1. The SMILES string of the molecule is CC1CN(C(OC2CCC(C(=O)O)CC2)(C(=O)Cc2cc(Cl)c(NC(=O)c3cn(C)c4ccccc34)cc2Cl)N2CCCC2)CC(C)O1. The van der Waals surface area contributed by atoms with Crippen LogP contribution in [0.5, 0.6) is 0 Å². The van der Waals surface area contributed by atoms with Crippen LogP contribution in [0.1, 0.15) is 68.3 Å². The molecule has 12 heteroatoms. The fourth-order valence-corrected chi connectivity index (χ4v) is 8.16. The van der Waals surface area contributed by atoms with Crippen molar-refractivity contribution in [1.82, 2.24) is 14.4 Å². The molecule has 2 saturated heterocycles. The molecule has 3 aliphatic rings. The van der Waals surface area contributed by atoms with Crippen molar-refractivity contribution >= 4 is 57.5 Å². The van der Waals surface area contributed by atoms with E-state index in [1.165, 1.54) is 0 Å². The molecule has 0 bridgehead atoms. The molecule has 3 atom stereocenters. The quantitative estimate of drug-likeness (QED) is 0.251. The van der Waals surface area contributed by atoms with Crippen molar-refractivity contribution in [3.8, 4) is 0 Å². The van der Waals surface area contributed by atoms with Crippen LogP contribution in [0, 0.1) is 5.92 Å². The predicted octanol–water partition coefficient (Wildman–Crippen LogP) is 6.37. The molecule has 1 saturated carbocycles. The molecule has 2 N–H and O–H groups in total. The maximum Gasteiger partial charge on any atom is 0.306 e. The predicted molar refractivity (Wildman–Crippen MR) is 186 cm³/mol. The summed E-state index contributed by atoms with van der Waals surface area (Å²) in [7, 11) is 1.89. The second kappa shape index (κ2) is 14.5. The number of hydrogen-bond acceptors (Lipinski definition) is 7. The summed E-state index contributed by atoms with van der Waals surface area (Å²) in [5, 5.41) is 13.9. The smallest absolute Gasteiger partial charge is 0.306 e. The average Bonchev–Trinajstić information content (AvgIpc) is 3.71. The number of likely N-dealkylation sites (tertiary alicyclic amines) is 1. The van der Waals surface area contributed by atoms with Crippen LogP contribution in [0.3, 0.4) is 0 Å². The third-order valence-electron chi connectivity index (χ3n) is 9.98. The number of carboxylic acids is 1. The first kappa shape index (κ1) is 34.9. The minimum absolute atomic E-state index is 0.0445. The van der Waals surface area contributed by atoms with Gasteiger partial charge in [-0.05, 0) is 76.1 Å². The molecular weight excluding hydrogens is 655 g/mol. The van der Waals surface area contributed by atoms with Crippen molar-refractivity contribution in [1.29, 1.82) is 0 Å². The summed E-state index contributed by atoms with van der Waals surface area (Å²) < 4.78 is 15.0. The normalized spacial score (nSPS) is 25.2. The number of amides is 1. The van der Waals surface area contributed by atoms with Crippen LogP contribution in [-0.4, -0.2) is 87.5 Å². The molecular formula is C36H44Cl2N4O6. The molecule has 0 radical (unpaired) electrons. The Kier molecular flexibility index (Phi) is 10.5. The van der Waals surface area contributed by atoms with E-state index in [1.54, 1.807) is 18.3 Å². The summed E-state index contributed by atoms with van der Waals surface area (Å²) in [6.07, 6.45) is 5.26. The Hall–Kier alpha value is -2.99. The van der Waals surface area contributed by atoms with Gasteiger partial charge in [0, 0.05) is 61.8 Å². The highest BCUT2D eigenvalue weighted by atomic mass is 35.5. The highest BCUT2D eigenvalue weighted by Gasteiger charge is 2.54. The lowest BCUT2D eigenvalue weighted by Gasteiger charge is -2.52. The number of carbonyl (C=O) groups is 3. The number of rotatable bonds is 10. The number of morpholine rings is 1. The molecule has 1 aromatic heterocycles. The number of fused-ring (bicyclic) bond motifs is 1. The summed E-state index contributed by atoms with van der Waals surface area (Å²) in [5.41, 5.74) is 2.33. The van der Waals surface area contributed by atoms with Gasteiger partial charge in [0.1, 0.15) is 0 Å². The molecule has 1 aliphatic carbocycles. The topological polar surface area (TPSA) is 113 Å². The summed E-state index contributed by atoms with van der Waals surface area (Å²) in [6, 6.07) is 10.9. The van der Waals surface area contributed by atoms with Crippen molar-refractivity contribution in [3.63, 3.8) is 0 Å². The first-order valence-corrected chi connectivity index (χ1v) is 17.6. The molecule has 2 aliphatic heterocycles. The number of ketones is 1. The second-order valence-corrected chi connectivity index (χ2v) is 14.4. The molecule has 3 aromatic rings. The number of hydrogen-bond donors (Lipinski definition) is 2. The number of aryl methyl sites for hydroxylation is 1. The van der Waals surface area contributed by atoms with Crippen LogP contribution in [0.4, 0.5) is 5.69 Å². The highest BCUT2D eigenvalue weighted by Crippen LogP contribution is 2.39. The van der Waals surface area contributed by atoms with E-state index in [2.05, 4.69) is 15.1 Å². The van der Waals surface area contributed by atoms with E-state index in [0.29, 0.717) is 73.7 Å². The fourth-order valence-electron chi connectivity index (χ4n) is 7.69. The first-order chi connectivity index (χ1) is 23.0. The van der Waals surface area contributed by atoms with Crippen molar-refractivity contribution in [2.75, 3.05) is 31.5 Å². The van der Waals surface area contributed by atoms with Crippen LogP contribution < -0.4 is 5.32 Å². The zero-order valence-electron chi connectivity index (χ0n) is 27.7. The molecule has 0 spiro atoms. The van der Waals surface area contributed by atoms with Crippen LogP contribution in [0.15, 0.2) is 42.6 Å². The van der Waals surface area contributed by atoms with E-state index < -0.39 is 17.7 Å². The van der Waals surface area contributed by atoms with Crippen LogP contribution >= 0.6 is 23.2 Å². The maximum absolute atomic E-state index is 14.9. The Balaban J connectivity index is 1.29. The number of para-hydroxylation sites is 1. The lowest BCUT2D eigenvalue weighted by atomic mass is 9.87. The molecule has 10 nitrogen and oxygen atoms in total. The van der Waals surface area contributed by atoms with Crippen LogP contribution in [-0.2, 0) is 32.5 Å². The number of aromatic nitrogens is 1. The zero-order valence-corrected chi connectivity index (χ0v) is 29.2. The van der Waals surface area contributed by atoms with Gasteiger partial charge < -0.3 is 24.5 Å². The molecule has 3 heterocycles. The molecule has 3 unspecified atom stereocenters. The van der Waals surface area contributed by atoms with Gasteiger partial charge in [-0.25, -0.2) is 0 Å². The third-order valence-corrected chi connectivity index (χ3v) is 10.6. The number of nitrogens with zero attached hydrogens (tertiary/aromatic N) is 3. The van der Waals surface area contributed by atoms with Crippen molar-refractivity contribution in [3.05, 3.63) is 63.8 Å². The largest absolute Gasteiger partial charge is 0.481 e. The summed E-state index contributed by atoms with van der Waals surface area (Å²) in [6.45, 7) is 6.41. The molecule has 258 valence electrons. The first-order valence-electron chi connectivity index (χ1n) is 16.9. The van der Waals surface area contributed by atoms with Gasteiger partial charge in [0.05, 0.1) is 40.5 Å². The minimum atomic E-state index is -1.37. The Labute approximate surface area is 291 Å². The van der Waals surface area contributed by atoms with Crippen LogP contribution in [0.25, 0.3) is 10.9 Å². The Morgan fingerprint density at radius 2 is 1.65 bits per heavy atom. The standard InChI is InChI=1S/C36H44Cl2N4O6/c1-22-19-42(20-23(2)47-22)36(41-14-6-7-15-41,48-26-12-10-24(11-13-26)35(45)46)33(43)17-25-16-30(38)31(18-29(25)37)39-34(44)28-21-40(3)32-9-5-4-8-27(28)32/h4-5,8-9,16,18,21-24,26H,6-7,10-15,17,19-20H2,1-3H3,(H,39,44)(H,45,46). The summed E-state index contributed by atoms with van der Waals surface area (Å²) in [5.74, 6) is -3.03. The van der Waals surface area contributed by atoms with Crippen molar-refractivity contribution in [2.45, 2.75) is 83.0 Å². The zero-order chi connectivity index (χ0) is 34.2. The number of nitrogens with one attached hydrogen (secondary N) is 1. The van der Waals surface area contributed by atoms with Crippen LogP contribution in [0.2, 0.25) is 10.0 Å². The fraction of sp³-hybridized carbons (Fsp3) is 0.528. The molecule has 48 heavy (non-hydrogen) atoms. The number of aliphatic carboxylic acids is 1. The van der Waals surface area contributed by atoms with Crippen molar-refractivity contribution < 1.29 is 29.0 Å². The number of anilines is 1. The van der Waals surface area contributed by atoms with E-state index in [4.69, 9.17) is 32.7 Å². The molecule has 3 fully saturated rings. The van der Waals surface area contributed by atoms with Gasteiger partial charge in [-0.2, -0.15) is 0 Å². The molecule has 2 aromatic carbocycles. The highest BCUT2D eigenvalue weighted by molar-refractivity contribution is 6.36. The monoisotopic (exact) mass is 698 g/mol. The minimum Gasteiger partial charge on any atom is -0.481 e. The second-order valence-electron chi connectivity index (χ2n) is 13.5. The average molecular weight is 700 g/mol. The van der Waals surface area contributed by atoms with E-state index in [1.807, 2.05) is 49.7 Å². The van der Waals surface area contributed by atoms with Gasteiger partial charge in [-0.1, -0.05) is 41.4 Å². The maximum atomic E-state index is 14.9. The number of carbonyl (C=O) groups excluding carboxylic acids is 2. The third kappa shape index (κ3) is 7.02. The summed E-state index contributed by atoms with van der Waals surface area (Å²) >= 11 is 13.6. The van der Waals surface area contributed by atoms with E-state index in [9.17, 15) is 19.5 Å². The lowest BCUT2D eigenvalue weighted by Crippen LogP contribution is -2.71. The van der Waals surface area contributed by atoms with Gasteiger partial charge in [0.15, 0.2) is 5.78 Å². The van der Waals surface area contributed by atoms with Gasteiger partial charge in [0.2, 0.25) is 5.85 Å². The van der Waals surface area contributed by atoms with E-state index in [0.717, 1.165) is 23.7 Å². The van der Waals surface area contributed by atoms with Gasteiger partial charge >= 0.3 is 5.97 Å². The van der Waals surface area contributed by atoms with Crippen molar-refractivity contribution in [2.24, 2.45) is 13.0 Å². The molecule has 6 rings (SSSR count). The number of benzene rings is 2. The van der Waals surface area contributed by atoms with E-state index in [-0.39, 0.29) is 41.4 Å². The number of ether oxygens (including phenoxy) is 2. The lowest BCUT2D eigenvalue weighted by molar-refractivity contribution is -0.274.